The first kappa shape index (κ1) is 20.4. The number of rotatable bonds is 5. The van der Waals surface area contributed by atoms with E-state index in [1.807, 2.05) is 24.3 Å². The zero-order chi connectivity index (χ0) is 21.1. The first-order valence-corrected chi connectivity index (χ1v) is 10.4. The molecule has 0 aliphatic carbocycles. The van der Waals surface area contributed by atoms with Crippen molar-refractivity contribution in [1.29, 1.82) is 0 Å². The molecule has 8 heteroatoms. The van der Waals surface area contributed by atoms with Crippen LogP contribution >= 0.6 is 23.2 Å². The van der Waals surface area contributed by atoms with Crippen LogP contribution in [0.1, 0.15) is 28.8 Å². The van der Waals surface area contributed by atoms with Crippen LogP contribution in [0.15, 0.2) is 60.8 Å². The molecule has 1 fully saturated rings. The number of likely N-dealkylation sites (tertiary alicyclic amines) is 1. The Labute approximate surface area is 184 Å². The van der Waals surface area contributed by atoms with Crippen molar-refractivity contribution in [2.45, 2.75) is 25.4 Å². The molecule has 4 rings (SSSR count). The number of amides is 2. The van der Waals surface area contributed by atoms with E-state index in [4.69, 9.17) is 23.2 Å². The molecule has 2 heterocycles. The van der Waals surface area contributed by atoms with E-state index in [0.29, 0.717) is 40.9 Å². The Balaban J connectivity index is 1.48. The highest BCUT2D eigenvalue weighted by atomic mass is 35.5. The standard InChI is InChI=1S/C22H20Cl2N4O2/c23-17-9-8-16(18(24)13-17)14-28-20(10-11-25-28)26-21(29)19-7-4-12-27(19)22(30)15-5-2-1-3-6-15/h1-3,5-6,8-11,13,19H,4,7,12,14H2,(H,26,29)/t19-/m0/s1. The summed E-state index contributed by atoms with van der Waals surface area (Å²) in [7, 11) is 0. The molecule has 0 bridgehead atoms. The molecule has 3 aromatic rings. The van der Waals surface area contributed by atoms with Crippen LogP contribution in [-0.4, -0.2) is 39.1 Å². The predicted molar refractivity (Wildman–Crippen MR) is 117 cm³/mol. The highest BCUT2D eigenvalue weighted by molar-refractivity contribution is 6.35. The number of nitrogens with zero attached hydrogens (tertiary/aromatic N) is 3. The molecule has 0 spiro atoms. The number of aromatic nitrogens is 2. The molecule has 0 radical (unpaired) electrons. The summed E-state index contributed by atoms with van der Waals surface area (Å²) in [4.78, 5) is 27.5. The first-order chi connectivity index (χ1) is 14.5. The van der Waals surface area contributed by atoms with Gasteiger partial charge in [-0.15, -0.1) is 0 Å². The smallest absolute Gasteiger partial charge is 0.254 e. The third-order valence-corrected chi connectivity index (χ3v) is 5.73. The summed E-state index contributed by atoms with van der Waals surface area (Å²) in [5, 5.41) is 8.30. The van der Waals surface area contributed by atoms with Crippen molar-refractivity contribution >= 4 is 40.8 Å². The van der Waals surface area contributed by atoms with Crippen molar-refractivity contribution in [2.75, 3.05) is 11.9 Å². The van der Waals surface area contributed by atoms with Gasteiger partial charge >= 0.3 is 0 Å². The zero-order valence-corrected chi connectivity index (χ0v) is 17.6. The summed E-state index contributed by atoms with van der Waals surface area (Å²) in [6.07, 6.45) is 3.03. The van der Waals surface area contributed by atoms with Gasteiger partial charge in [-0.05, 0) is 42.7 Å². The molecule has 1 aromatic heterocycles. The highest BCUT2D eigenvalue weighted by Gasteiger charge is 2.34. The molecule has 0 saturated carbocycles. The third kappa shape index (κ3) is 4.35. The van der Waals surface area contributed by atoms with Crippen molar-refractivity contribution in [3.8, 4) is 0 Å². The number of nitrogens with one attached hydrogen (secondary N) is 1. The Morgan fingerprint density at radius 1 is 1.10 bits per heavy atom. The lowest BCUT2D eigenvalue weighted by Crippen LogP contribution is -2.43. The molecule has 2 aromatic carbocycles. The monoisotopic (exact) mass is 442 g/mol. The van der Waals surface area contributed by atoms with Crippen molar-refractivity contribution in [2.24, 2.45) is 0 Å². The van der Waals surface area contributed by atoms with Gasteiger partial charge in [-0.1, -0.05) is 47.5 Å². The third-order valence-electron chi connectivity index (χ3n) is 5.14. The summed E-state index contributed by atoms with van der Waals surface area (Å²) in [5.74, 6) is 0.195. The Morgan fingerprint density at radius 2 is 1.90 bits per heavy atom. The number of hydrogen-bond donors (Lipinski definition) is 1. The fourth-order valence-electron chi connectivity index (χ4n) is 3.61. The van der Waals surface area contributed by atoms with E-state index in [1.165, 1.54) is 0 Å². The summed E-state index contributed by atoms with van der Waals surface area (Å²) in [6, 6.07) is 15.5. The maximum atomic E-state index is 13.0. The van der Waals surface area contributed by atoms with Crippen LogP contribution in [0.25, 0.3) is 0 Å². The fraction of sp³-hybridized carbons (Fsp3) is 0.227. The number of carbonyl (C=O) groups is 2. The number of halogens is 2. The van der Waals surface area contributed by atoms with Gasteiger partial charge in [0, 0.05) is 28.2 Å². The van der Waals surface area contributed by atoms with E-state index in [2.05, 4.69) is 10.4 Å². The van der Waals surface area contributed by atoms with E-state index in [9.17, 15) is 9.59 Å². The Hall–Kier alpha value is -2.83. The summed E-state index contributed by atoms with van der Waals surface area (Å²) >= 11 is 12.2. The van der Waals surface area contributed by atoms with Crippen LogP contribution in [-0.2, 0) is 11.3 Å². The van der Waals surface area contributed by atoms with Gasteiger partial charge in [0.05, 0.1) is 12.7 Å². The topological polar surface area (TPSA) is 67.2 Å². The maximum absolute atomic E-state index is 13.0. The molecule has 1 N–H and O–H groups in total. The van der Waals surface area contributed by atoms with E-state index >= 15 is 0 Å². The molecule has 1 atom stereocenters. The lowest BCUT2D eigenvalue weighted by Gasteiger charge is -2.24. The zero-order valence-electron chi connectivity index (χ0n) is 16.1. The molecule has 30 heavy (non-hydrogen) atoms. The fourth-order valence-corrected chi connectivity index (χ4v) is 4.08. The molecule has 6 nitrogen and oxygen atoms in total. The van der Waals surface area contributed by atoms with Gasteiger partial charge < -0.3 is 10.2 Å². The second kappa shape index (κ2) is 8.90. The Kier molecular flexibility index (Phi) is 6.06. The molecule has 1 saturated heterocycles. The molecule has 0 unspecified atom stereocenters. The number of anilines is 1. The lowest BCUT2D eigenvalue weighted by molar-refractivity contribution is -0.119. The van der Waals surface area contributed by atoms with E-state index in [1.54, 1.807) is 46.1 Å². The van der Waals surface area contributed by atoms with E-state index < -0.39 is 6.04 Å². The van der Waals surface area contributed by atoms with Gasteiger partial charge in [0.25, 0.3) is 5.91 Å². The van der Waals surface area contributed by atoms with Crippen molar-refractivity contribution in [3.05, 3.63) is 82.0 Å². The summed E-state index contributed by atoms with van der Waals surface area (Å²) in [5.41, 5.74) is 1.42. The van der Waals surface area contributed by atoms with E-state index in [-0.39, 0.29) is 11.8 Å². The molecule has 1 aliphatic rings. The number of hydrogen-bond acceptors (Lipinski definition) is 3. The van der Waals surface area contributed by atoms with Gasteiger partial charge in [0.1, 0.15) is 11.9 Å². The van der Waals surface area contributed by atoms with Gasteiger partial charge in [0.2, 0.25) is 5.91 Å². The van der Waals surface area contributed by atoms with Gasteiger partial charge in [-0.2, -0.15) is 5.10 Å². The largest absolute Gasteiger partial charge is 0.327 e. The minimum atomic E-state index is -0.514. The highest BCUT2D eigenvalue weighted by Crippen LogP contribution is 2.24. The van der Waals surface area contributed by atoms with Crippen LogP contribution in [0.2, 0.25) is 10.0 Å². The second-order valence-electron chi connectivity index (χ2n) is 7.12. The summed E-state index contributed by atoms with van der Waals surface area (Å²) < 4.78 is 1.66. The van der Waals surface area contributed by atoms with Crippen molar-refractivity contribution in [3.63, 3.8) is 0 Å². The lowest BCUT2D eigenvalue weighted by atomic mass is 10.1. The minimum Gasteiger partial charge on any atom is -0.327 e. The first-order valence-electron chi connectivity index (χ1n) is 9.65. The predicted octanol–water partition coefficient (Wildman–Crippen LogP) is 4.48. The van der Waals surface area contributed by atoms with Crippen LogP contribution in [0.5, 0.6) is 0 Å². The van der Waals surface area contributed by atoms with Crippen molar-refractivity contribution in [1.82, 2.24) is 14.7 Å². The number of benzene rings is 2. The molecule has 1 aliphatic heterocycles. The SMILES string of the molecule is O=C(Nc1ccnn1Cc1ccc(Cl)cc1Cl)[C@@H]1CCCN1C(=O)c1ccccc1. The molecule has 2 amide bonds. The molecular formula is C22H20Cl2N4O2. The Bertz CT molecular complexity index is 1070. The van der Waals surface area contributed by atoms with Crippen molar-refractivity contribution < 1.29 is 9.59 Å². The Morgan fingerprint density at radius 3 is 2.67 bits per heavy atom. The number of carbonyl (C=O) groups excluding carboxylic acids is 2. The van der Waals surface area contributed by atoms with Crippen LogP contribution in [0.3, 0.4) is 0 Å². The molecule has 154 valence electrons. The second-order valence-corrected chi connectivity index (χ2v) is 7.97. The normalized spacial score (nSPS) is 15.9. The summed E-state index contributed by atoms with van der Waals surface area (Å²) in [6.45, 7) is 0.946. The van der Waals surface area contributed by atoms with E-state index in [0.717, 1.165) is 12.0 Å². The maximum Gasteiger partial charge on any atom is 0.254 e. The average Bonchev–Trinajstić information content (AvgIpc) is 3.40. The quantitative estimate of drug-likeness (QED) is 0.632. The molecular weight excluding hydrogens is 423 g/mol. The van der Waals surface area contributed by atoms with Crippen LogP contribution in [0.4, 0.5) is 5.82 Å². The van der Waals surface area contributed by atoms with Crippen LogP contribution in [0, 0.1) is 0 Å². The van der Waals surface area contributed by atoms with Gasteiger partial charge in [0.15, 0.2) is 0 Å². The van der Waals surface area contributed by atoms with Crippen LogP contribution < -0.4 is 5.32 Å². The minimum absolute atomic E-state index is 0.130. The van der Waals surface area contributed by atoms with Gasteiger partial charge in [-0.3, -0.25) is 9.59 Å². The average molecular weight is 443 g/mol. The van der Waals surface area contributed by atoms with Gasteiger partial charge in [-0.25, -0.2) is 4.68 Å².